The van der Waals surface area contributed by atoms with E-state index in [1.807, 2.05) is 24.3 Å². The van der Waals surface area contributed by atoms with Crippen LogP contribution in [0.1, 0.15) is 27.2 Å². The van der Waals surface area contributed by atoms with Crippen molar-refractivity contribution in [3.8, 4) is 0 Å². The van der Waals surface area contributed by atoms with Crippen LogP contribution in [0, 0.1) is 5.82 Å². The molecule has 1 amide bonds. The van der Waals surface area contributed by atoms with Crippen molar-refractivity contribution < 1.29 is 9.18 Å². The third-order valence-corrected chi connectivity index (χ3v) is 3.95. The Morgan fingerprint density at radius 3 is 2.73 bits per heavy atom. The van der Waals surface area contributed by atoms with Crippen LogP contribution in [0.5, 0.6) is 0 Å². The molecule has 0 bridgehead atoms. The van der Waals surface area contributed by atoms with E-state index in [9.17, 15) is 9.18 Å². The molecule has 22 heavy (non-hydrogen) atoms. The Hall–Kier alpha value is -2.75. The standard InChI is InChI=1S/C18H13FN2O/c19-14-4-1-11(2-5-14)7-15-6-3-12-8-13-10-20-18(22)16(13)9-17(12)21-15/h1-6,8-9H,7,10H2,(H,20,22). The molecule has 4 rings (SSSR count). The number of pyridine rings is 1. The number of nitrogens with zero attached hydrogens (tertiary/aromatic N) is 1. The predicted molar refractivity (Wildman–Crippen MR) is 82.1 cm³/mol. The summed E-state index contributed by atoms with van der Waals surface area (Å²) in [5, 5.41) is 3.84. The fourth-order valence-corrected chi connectivity index (χ4v) is 2.80. The molecule has 108 valence electrons. The molecule has 0 saturated carbocycles. The van der Waals surface area contributed by atoms with Crippen molar-refractivity contribution in [2.24, 2.45) is 0 Å². The number of carbonyl (C=O) groups is 1. The number of fused-ring (bicyclic) bond motifs is 2. The molecule has 0 radical (unpaired) electrons. The number of hydrogen-bond donors (Lipinski definition) is 1. The van der Waals surface area contributed by atoms with E-state index in [1.165, 1.54) is 12.1 Å². The Morgan fingerprint density at radius 1 is 1.09 bits per heavy atom. The van der Waals surface area contributed by atoms with Gasteiger partial charge in [0.1, 0.15) is 5.82 Å². The first kappa shape index (κ1) is 13.0. The number of amides is 1. The highest BCUT2D eigenvalue weighted by atomic mass is 19.1. The molecule has 1 aliphatic heterocycles. The Morgan fingerprint density at radius 2 is 1.91 bits per heavy atom. The number of rotatable bonds is 2. The van der Waals surface area contributed by atoms with E-state index in [2.05, 4.69) is 10.3 Å². The van der Waals surface area contributed by atoms with Crippen LogP contribution in [-0.4, -0.2) is 10.9 Å². The van der Waals surface area contributed by atoms with E-state index >= 15 is 0 Å². The Labute approximate surface area is 126 Å². The molecule has 1 aromatic heterocycles. The van der Waals surface area contributed by atoms with Crippen LogP contribution in [0.15, 0.2) is 48.5 Å². The van der Waals surface area contributed by atoms with Gasteiger partial charge in [0.05, 0.1) is 5.52 Å². The van der Waals surface area contributed by atoms with Crippen molar-refractivity contribution in [1.82, 2.24) is 10.3 Å². The number of nitrogens with one attached hydrogen (secondary N) is 1. The maximum absolute atomic E-state index is 12.9. The molecule has 2 heterocycles. The second-order valence-corrected chi connectivity index (χ2v) is 5.49. The van der Waals surface area contributed by atoms with Gasteiger partial charge >= 0.3 is 0 Å². The summed E-state index contributed by atoms with van der Waals surface area (Å²) in [6, 6.07) is 14.3. The summed E-state index contributed by atoms with van der Waals surface area (Å²) in [6.45, 7) is 0.585. The number of halogens is 1. The van der Waals surface area contributed by atoms with E-state index in [-0.39, 0.29) is 11.7 Å². The quantitative estimate of drug-likeness (QED) is 0.788. The SMILES string of the molecule is O=C1NCc2cc3ccc(Cc4ccc(F)cc4)nc3cc21. The number of aromatic nitrogens is 1. The fourth-order valence-electron chi connectivity index (χ4n) is 2.80. The summed E-state index contributed by atoms with van der Waals surface area (Å²) < 4.78 is 12.9. The van der Waals surface area contributed by atoms with Crippen LogP contribution in [0.2, 0.25) is 0 Å². The van der Waals surface area contributed by atoms with Crippen molar-refractivity contribution in [3.05, 3.63) is 76.7 Å². The molecule has 3 nitrogen and oxygen atoms in total. The number of benzene rings is 2. The predicted octanol–water partition coefficient (Wildman–Crippen LogP) is 3.21. The zero-order valence-electron chi connectivity index (χ0n) is 11.8. The van der Waals surface area contributed by atoms with Crippen molar-refractivity contribution in [1.29, 1.82) is 0 Å². The van der Waals surface area contributed by atoms with E-state index in [0.717, 1.165) is 27.7 Å². The first-order valence-corrected chi connectivity index (χ1v) is 7.14. The van der Waals surface area contributed by atoms with Gasteiger partial charge in [0.2, 0.25) is 0 Å². The third kappa shape index (κ3) is 2.22. The van der Waals surface area contributed by atoms with E-state index in [0.29, 0.717) is 18.5 Å². The minimum absolute atomic E-state index is 0.0392. The maximum Gasteiger partial charge on any atom is 0.251 e. The summed E-state index contributed by atoms with van der Waals surface area (Å²) in [5.41, 5.74) is 4.45. The normalized spacial score (nSPS) is 13.2. The van der Waals surface area contributed by atoms with Gasteiger partial charge in [-0.2, -0.15) is 0 Å². The van der Waals surface area contributed by atoms with Gasteiger partial charge in [-0.3, -0.25) is 9.78 Å². The Bertz CT molecular complexity index is 887. The minimum atomic E-state index is -0.239. The van der Waals surface area contributed by atoms with Gasteiger partial charge in [0.25, 0.3) is 5.91 Å². The molecule has 0 unspecified atom stereocenters. The second kappa shape index (κ2) is 4.91. The highest BCUT2D eigenvalue weighted by molar-refractivity contribution is 6.01. The number of hydrogen-bond acceptors (Lipinski definition) is 2. The second-order valence-electron chi connectivity index (χ2n) is 5.49. The fraction of sp³-hybridized carbons (Fsp3) is 0.111. The lowest BCUT2D eigenvalue weighted by Gasteiger charge is -2.05. The van der Waals surface area contributed by atoms with Crippen molar-refractivity contribution in [2.75, 3.05) is 0 Å². The van der Waals surface area contributed by atoms with Crippen molar-refractivity contribution in [2.45, 2.75) is 13.0 Å². The van der Waals surface area contributed by atoms with Crippen molar-refractivity contribution >= 4 is 16.8 Å². The molecule has 0 saturated heterocycles. The van der Waals surface area contributed by atoms with Gasteiger partial charge in [0.15, 0.2) is 0 Å². The molecule has 0 fully saturated rings. The monoisotopic (exact) mass is 292 g/mol. The third-order valence-electron chi connectivity index (χ3n) is 3.95. The smallest absolute Gasteiger partial charge is 0.251 e. The van der Waals surface area contributed by atoms with Crippen LogP contribution >= 0.6 is 0 Å². The molecule has 1 aliphatic rings. The van der Waals surface area contributed by atoms with Crippen LogP contribution in [0.3, 0.4) is 0 Å². The van der Waals surface area contributed by atoms with E-state index in [4.69, 9.17) is 0 Å². The highest BCUT2D eigenvalue weighted by Crippen LogP contribution is 2.23. The largest absolute Gasteiger partial charge is 0.348 e. The summed E-state index contributed by atoms with van der Waals surface area (Å²) in [5.74, 6) is -0.278. The number of carbonyl (C=O) groups excluding carboxylic acids is 1. The van der Waals surface area contributed by atoms with E-state index < -0.39 is 0 Å². The van der Waals surface area contributed by atoms with Gasteiger partial charge in [-0.15, -0.1) is 0 Å². The van der Waals surface area contributed by atoms with Gasteiger partial charge in [-0.25, -0.2) is 4.39 Å². The van der Waals surface area contributed by atoms with Crippen LogP contribution in [-0.2, 0) is 13.0 Å². The lowest BCUT2D eigenvalue weighted by Crippen LogP contribution is -2.12. The van der Waals surface area contributed by atoms with Gasteiger partial charge in [0, 0.05) is 29.6 Å². The van der Waals surface area contributed by atoms with Crippen molar-refractivity contribution in [3.63, 3.8) is 0 Å². The average Bonchev–Trinajstić information content (AvgIpc) is 2.88. The average molecular weight is 292 g/mol. The molecule has 0 spiro atoms. The summed E-state index contributed by atoms with van der Waals surface area (Å²) in [6.07, 6.45) is 0.638. The first-order chi connectivity index (χ1) is 10.7. The van der Waals surface area contributed by atoms with Crippen LogP contribution in [0.25, 0.3) is 10.9 Å². The minimum Gasteiger partial charge on any atom is -0.348 e. The highest BCUT2D eigenvalue weighted by Gasteiger charge is 2.19. The summed E-state index contributed by atoms with van der Waals surface area (Å²) in [4.78, 5) is 16.4. The van der Waals surface area contributed by atoms with Crippen LogP contribution in [0.4, 0.5) is 4.39 Å². The summed E-state index contributed by atoms with van der Waals surface area (Å²) in [7, 11) is 0. The van der Waals surface area contributed by atoms with Gasteiger partial charge < -0.3 is 5.32 Å². The lowest BCUT2D eigenvalue weighted by atomic mass is 10.0. The molecule has 0 aliphatic carbocycles. The summed E-state index contributed by atoms with van der Waals surface area (Å²) >= 11 is 0. The van der Waals surface area contributed by atoms with Crippen LogP contribution < -0.4 is 5.32 Å². The molecule has 0 atom stereocenters. The lowest BCUT2D eigenvalue weighted by molar-refractivity contribution is 0.0966. The zero-order chi connectivity index (χ0) is 15.1. The Balaban J connectivity index is 1.72. The van der Waals surface area contributed by atoms with Gasteiger partial charge in [-0.05, 0) is 41.5 Å². The molecular formula is C18H13FN2O. The molecule has 2 aromatic carbocycles. The first-order valence-electron chi connectivity index (χ1n) is 7.14. The maximum atomic E-state index is 12.9. The zero-order valence-corrected chi connectivity index (χ0v) is 11.8. The molecule has 1 N–H and O–H groups in total. The Kier molecular flexibility index (Phi) is 2.89. The van der Waals surface area contributed by atoms with E-state index in [1.54, 1.807) is 12.1 Å². The van der Waals surface area contributed by atoms with Gasteiger partial charge in [-0.1, -0.05) is 18.2 Å². The molecular weight excluding hydrogens is 279 g/mol. The molecule has 4 heteroatoms. The molecule has 3 aromatic rings. The topological polar surface area (TPSA) is 42.0 Å².